The zero-order chi connectivity index (χ0) is 19.2. The average molecular weight is 369 g/mol. The number of rotatable bonds is 4. The maximum Gasteiger partial charge on any atom is 0.266 e. The Kier molecular flexibility index (Phi) is 6.20. The van der Waals surface area contributed by atoms with E-state index in [0.29, 0.717) is 13.1 Å². The number of amides is 1. The molecule has 0 bridgehead atoms. The molecule has 0 N–H and O–H groups in total. The number of para-hydroxylation sites is 2. The van der Waals surface area contributed by atoms with Crippen LogP contribution in [-0.2, 0) is 4.79 Å². The summed E-state index contributed by atoms with van der Waals surface area (Å²) in [6.07, 6.45) is 1.74. The number of carbonyl (C=O) groups is 1. The predicted molar refractivity (Wildman–Crippen MR) is 105 cm³/mol. The van der Waals surface area contributed by atoms with E-state index in [9.17, 15) is 10.1 Å². The summed E-state index contributed by atoms with van der Waals surface area (Å²) in [4.78, 5) is 21.0. The molecule has 2 heterocycles. The second-order valence-corrected chi connectivity index (χ2v) is 6.94. The number of ether oxygens (including phenoxy) is 1. The Morgan fingerprint density at radius 1 is 1.07 bits per heavy atom. The lowest BCUT2D eigenvalue weighted by molar-refractivity contribution is -0.128. The molecule has 1 aromatic carbocycles. The van der Waals surface area contributed by atoms with Gasteiger partial charge < -0.3 is 24.3 Å². The standard InChI is InChI=1S/C20H27N5O2/c1-22-7-11-25(12-8-22)20(26)17(15-21)16-23-9-13-24(14-10-23)18-5-3-4-6-19(18)27-2/h3-6,16H,7-14H2,1-2H3/b17-16-. The van der Waals surface area contributed by atoms with E-state index < -0.39 is 0 Å². The molecule has 3 rings (SSSR count). The van der Waals surface area contributed by atoms with E-state index in [1.807, 2.05) is 25.2 Å². The van der Waals surface area contributed by atoms with E-state index in [1.54, 1.807) is 18.2 Å². The molecule has 0 saturated carbocycles. The highest BCUT2D eigenvalue weighted by Crippen LogP contribution is 2.28. The van der Waals surface area contributed by atoms with Gasteiger partial charge in [-0.2, -0.15) is 5.26 Å². The Morgan fingerprint density at radius 2 is 1.74 bits per heavy atom. The number of nitrogens with zero attached hydrogens (tertiary/aromatic N) is 5. The molecule has 0 radical (unpaired) electrons. The summed E-state index contributed by atoms with van der Waals surface area (Å²) in [7, 11) is 3.73. The number of likely N-dealkylation sites (N-methyl/N-ethyl adjacent to an activating group) is 1. The maximum absolute atomic E-state index is 12.6. The molecule has 27 heavy (non-hydrogen) atoms. The van der Waals surface area contributed by atoms with E-state index in [0.717, 1.165) is 50.7 Å². The van der Waals surface area contributed by atoms with Gasteiger partial charge in [-0.25, -0.2) is 0 Å². The molecule has 2 fully saturated rings. The molecule has 0 atom stereocenters. The van der Waals surface area contributed by atoms with Crippen LogP contribution in [0.5, 0.6) is 5.75 Å². The number of nitriles is 1. The number of carbonyl (C=O) groups excluding carboxylic acids is 1. The fourth-order valence-electron chi connectivity index (χ4n) is 3.48. The summed E-state index contributed by atoms with van der Waals surface area (Å²) in [6, 6.07) is 10.1. The van der Waals surface area contributed by atoms with Crippen molar-refractivity contribution in [1.82, 2.24) is 14.7 Å². The molecule has 2 aliphatic heterocycles. The first-order valence-electron chi connectivity index (χ1n) is 9.34. The van der Waals surface area contributed by atoms with Gasteiger partial charge in [-0.05, 0) is 19.2 Å². The van der Waals surface area contributed by atoms with Gasteiger partial charge in [0, 0.05) is 58.6 Å². The Hall–Kier alpha value is -2.72. The molecule has 144 valence electrons. The van der Waals surface area contributed by atoms with Gasteiger partial charge in [0.15, 0.2) is 0 Å². The molecule has 7 heteroatoms. The summed E-state index contributed by atoms with van der Waals surface area (Å²) in [6.45, 7) is 6.21. The van der Waals surface area contributed by atoms with E-state index in [-0.39, 0.29) is 11.5 Å². The minimum Gasteiger partial charge on any atom is -0.495 e. The highest BCUT2D eigenvalue weighted by molar-refractivity contribution is 5.97. The summed E-state index contributed by atoms with van der Waals surface area (Å²) in [5.74, 6) is 0.710. The van der Waals surface area contributed by atoms with Gasteiger partial charge in [-0.1, -0.05) is 12.1 Å². The van der Waals surface area contributed by atoms with Crippen LogP contribution in [0.2, 0.25) is 0 Å². The normalized spacial score (nSPS) is 19.0. The molecule has 1 amide bonds. The number of piperazine rings is 2. The summed E-state index contributed by atoms with van der Waals surface area (Å²) < 4.78 is 5.45. The van der Waals surface area contributed by atoms with Crippen molar-refractivity contribution in [1.29, 1.82) is 5.26 Å². The molecule has 0 aromatic heterocycles. The number of benzene rings is 1. The largest absolute Gasteiger partial charge is 0.495 e. The van der Waals surface area contributed by atoms with Crippen molar-refractivity contribution in [3.05, 3.63) is 36.0 Å². The lowest BCUT2D eigenvalue weighted by Gasteiger charge is -2.36. The van der Waals surface area contributed by atoms with Crippen molar-refractivity contribution in [2.75, 3.05) is 71.4 Å². The first-order chi connectivity index (χ1) is 13.1. The monoisotopic (exact) mass is 369 g/mol. The first-order valence-corrected chi connectivity index (χ1v) is 9.34. The topological polar surface area (TPSA) is 63.1 Å². The molecule has 0 spiro atoms. The van der Waals surface area contributed by atoms with Crippen LogP contribution in [0.15, 0.2) is 36.0 Å². The lowest BCUT2D eigenvalue weighted by atomic mass is 10.2. The second-order valence-electron chi connectivity index (χ2n) is 6.94. The van der Waals surface area contributed by atoms with Crippen LogP contribution < -0.4 is 9.64 Å². The number of hydrogen-bond donors (Lipinski definition) is 0. The van der Waals surface area contributed by atoms with Crippen LogP contribution in [-0.4, -0.2) is 87.1 Å². The summed E-state index contributed by atoms with van der Waals surface area (Å²) in [5.41, 5.74) is 1.31. The van der Waals surface area contributed by atoms with Gasteiger partial charge in [0.1, 0.15) is 17.4 Å². The third-order valence-corrected chi connectivity index (χ3v) is 5.19. The first kappa shape index (κ1) is 19.1. The quantitative estimate of drug-likeness (QED) is 0.583. The Balaban J connectivity index is 1.61. The highest BCUT2D eigenvalue weighted by atomic mass is 16.5. The van der Waals surface area contributed by atoms with Gasteiger partial charge in [-0.15, -0.1) is 0 Å². The summed E-state index contributed by atoms with van der Waals surface area (Å²) >= 11 is 0. The smallest absolute Gasteiger partial charge is 0.266 e. The number of hydrogen-bond acceptors (Lipinski definition) is 6. The second kappa shape index (κ2) is 8.78. The fraction of sp³-hybridized carbons (Fsp3) is 0.500. The average Bonchev–Trinajstić information content (AvgIpc) is 2.72. The van der Waals surface area contributed by atoms with Gasteiger partial charge in [0.05, 0.1) is 12.8 Å². The molecular formula is C20H27N5O2. The predicted octanol–water partition coefficient (Wildman–Crippen LogP) is 0.999. The van der Waals surface area contributed by atoms with Crippen molar-refractivity contribution in [3.63, 3.8) is 0 Å². The van der Waals surface area contributed by atoms with Gasteiger partial charge >= 0.3 is 0 Å². The van der Waals surface area contributed by atoms with Crippen LogP contribution in [0, 0.1) is 11.3 Å². The zero-order valence-electron chi connectivity index (χ0n) is 16.1. The van der Waals surface area contributed by atoms with Crippen LogP contribution >= 0.6 is 0 Å². The van der Waals surface area contributed by atoms with Crippen molar-refractivity contribution >= 4 is 11.6 Å². The van der Waals surface area contributed by atoms with Crippen LogP contribution in [0.3, 0.4) is 0 Å². The van der Waals surface area contributed by atoms with Gasteiger partial charge in [-0.3, -0.25) is 4.79 Å². The molecule has 2 saturated heterocycles. The Labute approximate surface area is 161 Å². The van der Waals surface area contributed by atoms with Crippen molar-refractivity contribution in [3.8, 4) is 11.8 Å². The van der Waals surface area contributed by atoms with Crippen molar-refractivity contribution in [2.45, 2.75) is 0 Å². The minimum atomic E-state index is -0.155. The number of methoxy groups -OCH3 is 1. The van der Waals surface area contributed by atoms with Crippen molar-refractivity contribution < 1.29 is 9.53 Å². The van der Waals surface area contributed by atoms with Crippen LogP contribution in [0.4, 0.5) is 5.69 Å². The SMILES string of the molecule is COc1ccccc1N1CCN(/C=C(/C#N)C(=O)N2CCN(C)CC2)CC1. The Morgan fingerprint density at radius 3 is 2.37 bits per heavy atom. The molecule has 0 aliphatic carbocycles. The maximum atomic E-state index is 12.6. The molecule has 1 aromatic rings. The van der Waals surface area contributed by atoms with Crippen molar-refractivity contribution in [2.24, 2.45) is 0 Å². The van der Waals surface area contributed by atoms with E-state index in [1.165, 1.54) is 0 Å². The fourth-order valence-corrected chi connectivity index (χ4v) is 3.48. The molecule has 2 aliphatic rings. The third-order valence-electron chi connectivity index (χ3n) is 5.19. The Bertz CT molecular complexity index is 726. The highest BCUT2D eigenvalue weighted by Gasteiger charge is 2.24. The molecule has 0 unspecified atom stereocenters. The van der Waals surface area contributed by atoms with Gasteiger partial charge in [0.2, 0.25) is 0 Å². The zero-order valence-corrected chi connectivity index (χ0v) is 16.1. The van der Waals surface area contributed by atoms with Crippen LogP contribution in [0.25, 0.3) is 0 Å². The third kappa shape index (κ3) is 4.52. The van der Waals surface area contributed by atoms with E-state index >= 15 is 0 Å². The minimum absolute atomic E-state index is 0.155. The summed E-state index contributed by atoms with van der Waals surface area (Å²) in [5, 5.41) is 9.48. The van der Waals surface area contributed by atoms with Gasteiger partial charge in [0.25, 0.3) is 5.91 Å². The number of anilines is 1. The lowest BCUT2D eigenvalue weighted by Crippen LogP contribution is -2.48. The van der Waals surface area contributed by atoms with Crippen LogP contribution in [0.1, 0.15) is 0 Å². The van der Waals surface area contributed by atoms with E-state index in [2.05, 4.69) is 26.8 Å². The van der Waals surface area contributed by atoms with E-state index in [4.69, 9.17) is 4.74 Å². The molecule has 7 nitrogen and oxygen atoms in total. The molecular weight excluding hydrogens is 342 g/mol.